The fourth-order valence-electron chi connectivity index (χ4n) is 1.12. The van der Waals surface area contributed by atoms with Crippen LogP contribution in [0.2, 0.25) is 0 Å². The van der Waals surface area contributed by atoms with Gasteiger partial charge >= 0.3 is 0 Å². The van der Waals surface area contributed by atoms with Crippen molar-refractivity contribution in [3.63, 3.8) is 0 Å². The number of aliphatic hydroxyl groups excluding tert-OH is 1. The van der Waals surface area contributed by atoms with Crippen LogP contribution in [0.1, 0.15) is 23.4 Å². The smallest absolute Gasteiger partial charge is 0.0841 e. The van der Waals surface area contributed by atoms with E-state index in [1.807, 2.05) is 31.2 Å². The molecule has 1 nitrogen and oxygen atoms in total. The highest BCUT2D eigenvalue weighted by molar-refractivity contribution is 6.21. The molecule has 0 radical (unpaired) electrons. The van der Waals surface area contributed by atoms with Crippen LogP contribution in [-0.2, 0) is 0 Å². The first-order chi connectivity index (χ1) is 5.61. The zero-order valence-corrected chi connectivity index (χ0v) is 8.05. The van der Waals surface area contributed by atoms with Crippen molar-refractivity contribution >= 4 is 11.6 Å². The van der Waals surface area contributed by atoms with E-state index < -0.39 is 6.10 Å². The van der Waals surface area contributed by atoms with Gasteiger partial charge in [0.2, 0.25) is 0 Å². The maximum absolute atomic E-state index is 9.23. The lowest BCUT2D eigenvalue weighted by atomic mass is 10.1. The van der Waals surface area contributed by atoms with Gasteiger partial charge in [-0.2, -0.15) is 0 Å². The van der Waals surface area contributed by atoms with Crippen LogP contribution < -0.4 is 0 Å². The summed E-state index contributed by atoms with van der Waals surface area (Å²) in [4.78, 5) is 0. The molecule has 1 rings (SSSR count). The maximum atomic E-state index is 9.23. The molecule has 0 saturated carbocycles. The normalized spacial score (nSPS) is 15.7. The lowest BCUT2D eigenvalue weighted by Crippen LogP contribution is -2.08. The van der Waals surface area contributed by atoms with Crippen LogP contribution in [0.15, 0.2) is 24.3 Å². The third kappa shape index (κ3) is 2.23. The van der Waals surface area contributed by atoms with Gasteiger partial charge in [0.25, 0.3) is 0 Å². The standard InChI is InChI=1S/C10H13ClO/c1-7-4-3-5-9(6-7)10(11)8(2)12/h3-6,8,10,12H,1-2H3. The highest BCUT2D eigenvalue weighted by atomic mass is 35.5. The first kappa shape index (κ1) is 9.56. The van der Waals surface area contributed by atoms with E-state index in [-0.39, 0.29) is 5.38 Å². The van der Waals surface area contributed by atoms with Gasteiger partial charge in [-0.05, 0) is 19.4 Å². The molecule has 0 aliphatic rings. The molecule has 0 aliphatic carbocycles. The molecule has 2 unspecified atom stereocenters. The molecule has 0 heterocycles. The van der Waals surface area contributed by atoms with Gasteiger partial charge in [-0.15, -0.1) is 11.6 Å². The summed E-state index contributed by atoms with van der Waals surface area (Å²) in [7, 11) is 0. The molecular weight excluding hydrogens is 172 g/mol. The Morgan fingerprint density at radius 2 is 2.08 bits per heavy atom. The first-order valence-corrected chi connectivity index (χ1v) is 4.43. The van der Waals surface area contributed by atoms with Crippen LogP contribution in [0, 0.1) is 6.92 Å². The Kier molecular flexibility index (Phi) is 3.12. The Labute approximate surface area is 78.0 Å². The summed E-state index contributed by atoms with van der Waals surface area (Å²) in [6.07, 6.45) is -0.506. The average molecular weight is 185 g/mol. The molecule has 66 valence electrons. The molecule has 12 heavy (non-hydrogen) atoms. The number of rotatable bonds is 2. The van der Waals surface area contributed by atoms with Crippen LogP contribution in [0.3, 0.4) is 0 Å². The Hall–Kier alpha value is -0.530. The molecule has 2 atom stereocenters. The number of aryl methyl sites for hydroxylation is 1. The molecule has 2 heteroatoms. The second-order valence-electron chi connectivity index (χ2n) is 3.06. The summed E-state index contributed by atoms with van der Waals surface area (Å²) in [5.41, 5.74) is 2.14. The third-order valence-electron chi connectivity index (χ3n) is 1.78. The van der Waals surface area contributed by atoms with E-state index in [0.29, 0.717) is 0 Å². The number of hydrogen-bond donors (Lipinski definition) is 1. The van der Waals surface area contributed by atoms with Crippen LogP contribution in [-0.4, -0.2) is 11.2 Å². The molecule has 0 spiro atoms. The van der Waals surface area contributed by atoms with Crippen LogP contribution >= 0.6 is 11.6 Å². The topological polar surface area (TPSA) is 20.2 Å². The van der Waals surface area contributed by atoms with Gasteiger partial charge < -0.3 is 5.11 Å². The van der Waals surface area contributed by atoms with Crippen LogP contribution in [0.4, 0.5) is 0 Å². The lowest BCUT2D eigenvalue weighted by Gasteiger charge is -2.12. The Morgan fingerprint density at radius 1 is 1.42 bits per heavy atom. The SMILES string of the molecule is Cc1cccc(C(Cl)C(C)O)c1. The molecule has 0 fully saturated rings. The molecule has 1 aromatic rings. The average Bonchev–Trinajstić information content (AvgIpc) is 2.03. The second kappa shape index (κ2) is 3.92. The zero-order chi connectivity index (χ0) is 9.14. The van der Waals surface area contributed by atoms with E-state index in [1.54, 1.807) is 6.92 Å². The van der Waals surface area contributed by atoms with Crippen molar-refractivity contribution < 1.29 is 5.11 Å². The fourth-order valence-corrected chi connectivity index (χ4v) is 1.26. The van der Waals surface area contributed by atoms with Crippen molar-refractivity contribution in [3.8, 4) is 0 Å². The number of benzene rings is 1. The third-order valence-corrected chi connectivity index (χ3v) is 2.40. The maximum Gasteiger partial charge on any atom is 0.0841 e. The lowest BCUT2D eigenvalue weighted by molar-refractivity contribution is 0.190. The predicted octanol–water partition coefficient (Wildman–Crippen LogP) is 2.66. The molecule has 1 aromatic carbocycles. The summed E-state index contributed by atoms with van der Waals surface area (Å²) in [6, 6.07) is 7.87. The van der Waals surface area contributed by atoms with Crippen molar-refractivity contribution in [2.45, 2.75) is 25.3 Å². The van der Waals surface area contributed by atoms with Gasteiger partial charge in [0.1, 0.15) is 0 Å². The number of aliphatic hydroxyl groups is 1. The van der Waals surface area contributed by atoms with Crippen LogP contribution in [0.25, 0.3) is 0 Å². The minimum absolute atomic E-state index is 0.301. The van der Waals surface area contributed by atoms with Gasteiger partial charge in [-0.25, -0.2) is 0 Å². The molecular formula is C10H13ClO. The van der Waals surface area contributed by atoms with E-state index in [1.165, 1.54) is 5.56 Å². The number of halogens is 1. The Bertz CT molecular complexity index is 258. The highest BCUT2D eigenvalue weighted by Crippen LogP contribution is 2.24. The van der Waals surface area contributed by atoms with Crippen molar-refractivity contribution in [2.24, 2.45) is 0 Å². The molecule has 0 amide bonds. The molecule has 0 bridgehead atoms. The van der Waals surface area contributed by atoms with Gasteiger partial charge in [0.15, 0.2) is 0 Å². The van der Waals surface area contributed by atoms with Crippen molar-refractivity contribution in [1.82, 2.24) is 0 Å². The van der Waals surface area contributed by atoms with E-state index >= 15 is 0 Å². The number of hydrogen-bond acceptors (Lipinski definition) is 1. The summed E-state index contributed by atoms with van der Waals surface area (Å²) in [6.45, 7) is 3.70. The summed E-state index contributed by atoms with van der Waals surface area (Å²) in [5.74, 6) is 0. The predicted molar refractivity (Wildman–Crippen MR) is 51.5 cm³/mol. The highest BCUT2D eigenvalue weighted by Gasteiger charge is 2.12. The Balaban J connectivity index is 2.88. The molecule has 1 N–H and O–H groups in total. The molecule has 0 saturated heterocycles. The van der Waals surface area contributed by atoms with Crippen molar-refractivity contribution in [2.75, 3.05) is 0 Å². The zero-order valence-electron chi connectivity index (χ0n) is 7.29. The summed E-state index contributed by atoms with van der Waals surface area (Å²) >= 11 is 5.96. The van der Waals surface area contributed by atoms with E-state index in [4.69, 9.17) is 11.6 Å². The second-order valence-corrected chi connectivity index (χ2v) is 3.53. The first-order valence-electron chi connectivity index (χ1n) is 4.00. The van der Waals surface area contributed by atoms with Crippen molar-refractivity contribution in [3.05, 3.63) is 35.4 Å². The van der Waals surface area contributed by atoms with E-state index in [0.717, 1.165) is 5.56 Å². The molecule has 0 aliphatic heterocycles. The van der Waals surface area contributed by atoms with Gasteiger partial charge in [0.05, 0.1) is 11.5 Å². The van der Waals surface area contributed by atoms with E-state index in [9.17, 15) is 5.11 Å². The van der Waals surface area contributed by atoms with Gasteiger partial charge in [-0.1, -0.05) is 29.8 Å². The minimum atomic E-state index is -0.506. The van der Waals surface area contributed by atoms with Crippen LogP contribution in [0.5, 0.6) is 0 Å². The van der Waals surface area contributed by atoms with E-state index in [2.05, 4.69) is 0 Å². The van der Waals surface area contributed by atoms with Gasteiger partial charge in [-0.3, -0.25) is 0 Å². The summed E-state index contributed by atoms with van der Waals surface area (Å²) in [5, 5.41) is 8.93. The monoisotopic (exact) mass is 184 g/mol. The largest absolute Gasteiger partial charge is 0.392 e. The fraction of sp³-hybridized carbons (Fsp3) is 0.400. The Morgan fingerprint density at radius 3 is 2.58 bits per heavy atom. The number of alkyl halides is 1. The summed E-state index contributed by atoms with van der Waals surface area (Å²) < 4.78 is 0. The van der Waals surface area contributed by atoms with Gasteiger partial charge in [0, 0.05) is 0 Å². The van der Waals surface area contributed by atoms with Crippen molar-refractivity contribution in [1.29, 1.82) is 0 Å². The quantitative estimate of drug-likeness (QED) is 0.701. The molecule has 0 aromatic heterocycles. The minimum Gasteiger partial charge on any atom is -0.392 e.